The molecule has 1 aliphatic rings. The van der Waals surface area contributed by atoms with Crippen LogP contribution in [0.25, 0.3) is 0 Å². The van der Waals surface area contributed by atoms with E-state index in [1.54, 1.807) is 11.9 Å². The molecular formula is C18H24N2O7S. The summed E-state index contributed by atoms with van der Waals surface area (Å²) in [7, 11) is -2.16. The van der Waals surface area contributed by atoms with Gasteiger partial charge < -0.3 is 9.64 Å². The largest absolute Gasteiger partial charge is 0.452 e. The third-order valence-electron chi connectivity index (χ3n) is 5.04. The number of rotatable bonds is 6. The minimum Gasteiger partial charge on any atom is -0.452 e. The lowest BCUT2D eigenvalue weighted by Crippen LogP contribution is -2.41. The van der Waals surface area contributed by atoms with Gasteiger partial charge in [-0.05, 0) is 43.7 Å². The number of carbonyl (C=O) groups is 2. The fraction of sp³-hybridized carbons (Fsp3) is 0.556. The summed E-state index contributed by atoms with van der Waals surface area (Å²) in [5.41, 5.74) is -0.905. The highest BCUT2D eigenvalue weighted by atomic mass is 32.2. The maximum absolute atomic E-state index is 12.3. The van der Waals surface area contributed by atoms with Crippen molar-refractivity contribution in [3.63, 3.8) is 0 Å². The van der Waals surface area contributed by atoms with Gasteiger partial charge in [-0.3, -0.25) is 14.9 Å². The van der Waals surface area contributed by atoms with E-state index in [9.17, 15) is 28.1 Å². The molecule has 0 radical (unpaired) electrons. The minimum absolute atomic E-state index is 0.109. The van der Waals surface area contributed by atoms with Gasteiger partial charge in [0.05, 0.1) is 10.5 Å². The SMILES string of the molecule is CC1CCC(N(C)C(=O)COC(=O)c2ccc(S(C)(=O)=O)c([N+](=O)[O-])c2)CC1. The number of benzene rings is 1. The van der Waals surface area contributed by atoms with Gasteiger partial charge in [0.2, 0.25) is 0 Å². The van der Waals surface area contributed by atoms with Crippen LogP contribution in [0.5, 0.6) is 0 Å². The van der Waals surface area contributed by atoms with Gasteiger partial charge >= 0.3 is 5.97 Å². The lowest BCUT2D eigenvalue weighted by atomic mass is 9.87. The molecule has 0 unspecified atom stereocenters. The zero-order chi connectivity index (χ0) is 21.1. The van der Waals surface area contributed by atoms with Gasteiger partial charge in [0.1, 0.15) is 4.90 Å². The summed E-state index contributed by atoms with van der Waals surface area (Å²) in [6.45, 7) is 1.69. The van der Waals surface area contributed by atoms with E-state index < -0.39 is 37.9 Å². The molecular weight excluding hydrogens is 388 g/mol. The average molecular weight is 412 g/mol. The van der Waals surface area contributed by atoms with Crippen LogP contribution >= 0.6 is 0 Å². The van der Waals surface area contributed by atoms with E-state index in [1.165, 1.54) is 0 Å². The summed E-state index contributed by atoms with van der Waals surface area (Å²) in [5.74, 6) is -0.638. The van der Waals surface area contributed by atoms with Crippen LogP contribution in [-0.4, -0.2) is 56.1 Å². The summed E-state index contributed by atoms with van der Waals surface area (Å²) in [5, 5.41) is 11.1. The standard InChI is InChI=1S/C18H24N2O7S/c1-12-4-7-14(8-5-12)19(2)17(21)11-27-18(22)13-6-9-16(28(3,25)26)15(10-13)20(23)24/h6,9-10,12,14H,4-5,7-8,11H2,1-3H3. The van der Waals surface area contributed by atoms with Crippen molar-refractivity contribution < 1.29 is 27.7 Å². The highest BCUT2D eigenvalue weighted by Crippen LogP contribution is 2.27. The second-order valence-electron chi connectivity index (χ2n) is 7.21. The van der Waals surface area contributed by atoms with Crippen molar-refractivity contribution >= 4 is 27.4 Å². The van der Waals surface area contributed by atoms with Gasteiger partial charge in [0.25, 0.3) is 11.6 Å². The van der Waals surface area contributed by atoms with Crippen LogP contribution in [0.1, 0.15) is 43.0 Å². The van der Waals surface area contributed by atoms with Gasteiger partial charge in [-0.25, -0.2) is 13.2 Å². The van der Waals surface area contributed by atoms with Crippen LogP contribution in [0, 0.1) is 16.0 Å². The van der Waals surface area contributed by atoms with Crippen molar-refractivity contribution in [2.75, 3.05) is 19.9 Å². The van der Waals surface area contributed by atoms with E-state index in [0.29, 0.717) is 5.92 Å². The predicted octanol–water partition coefficient (Wildman–Crippen LogP) is 2.19. The molecule has 1 fully saturated rings. The number of hydrogen-bond acceptors (Lipinski definition) is 7. The summed E-state index contributed by atoms with van der Waals surface area (Å²) in [6, 6.07) is 3.07. The smallest absolute Gasteiger partial charge is 0.338 e. The summed E-state index contributed by atoms with van der Waals surface area (Å²) < 4.78 is 28.2. The zero-order valence-electron chi connectivity index (χ0n) is 16.1. The molecule has 0 aromatic heterocycles. The first-order chi connectivity index (χ1) is 13.0. The Hall–Kier alpha value is -2.49. The Labute approximate surface area is 163 Å². The molecule has 2 rings (SSSR count). The summed E-state index contributed by atoms with van der Waals surface area (Å²) in [4.78, 5) is 35.8. The Morgan fingerprint density at radius 2 is 1.86 bits per heavy atom. The summed E-state index contributed by atoms with van der Waals surface area (Å²) >= 11 is 0. The molecule has 0 bridgehead atoms. The highest BCUT2D eigenvalue weighted by Gasteiger charge is 2.27. The van der Waals surface area contributed by atoms with Gasteiger partial charge in [0.15, 0.2) is 16.4 Å². The Morgan fingerprint density at radius 3 is 2.39 bits per heavy atom. The number of esters is 1. The summed E-state index contributed by atoms with van der Waals surface area (Å²) in [6.07, 6.45) is 4.72. The number of nitrogens with zero attached hydrogens (tertiary/aromatic N) is 2. The van der Waals surface area contributed by atoms with E-state index in [0.717, 1.165) is 50.1 Å². The molecule has 0 spiro atoms. The van der Waals surface area contributed by atoms with Crippen molar-refractivity contribution in [3.05, 3.63) is 33.9 Å². The van der Waals surface area contributed by atoms with Crippen molar-refractivity contribution in [2.45, 2.75) is 43.5 Å². The second-order valence-corrected chi connectivity index (χ2v) is 9.19. The lowest BCUT2D eigenvalue weighted by Gasteiger charge is -2.33. The van der Waals surface area contributed by atoms with Crippen molar-refractivity contribution in [3.8, 4) is 0 Å². The first kappa shape index (κ1) is 21.8. The second kappa shape index (κ2) is 8.68. The first-order valence-corrected chi connectivity index (χ1v) is 10.8. The molecule has 9 nitrogen and oxygen atoms in total. The number of amides is 1. The third-order valence-corrected chi connectivity index (χ3v) is 6.19. The number of ether oxygens (including phenoxy) is 1. The van der Waals surface area contributed by atoms with Gasteiger partial charge in [-0.15, -0.1) is 0 Å². The number of sulfone groups is 1. The molecule has 0 heterocycles. The molecule has 1 aromatic rings. The topological polar surface area (TPSA) is 124 Å². The highest BCUT2D eigenvalue weighted by molar-refractivity contribution is 7.90. The molecule has 10 heteroatoms. The number of carbonyl (C=O) groups excluding carboxylic acids is 2. The zero-order valence-corrected chi connectivity index (χ0v) is 16.9. The lowest BCUT2D eigenvalue weighted by molar-refractivity contribution is -0.387. The maximum atomic E-state index is 12.3. The molecule has 1 amide bonds. The van der Waals surface area contributed by atoms with Crippen LogP contribution in [0.15, 0.2) is 23.1 Å². The number of nitro benzene ring substituents is 1. The number of nitro groups is 1. The monoisotopic (exact) mass is 412 g/mol. The maximum Gasteiger partial charge on any atom is 0.338 e. The van der Waals surface area contributed by atoms with Crippen molar-refractivity contribution in [1.29, 1.82) is 0 Å². The van der Waals surface area contributed by atoms with Gasteiger partial charge in [-0.2, -0.15) is 0 Å². The molecule has 0 N–H and O–H groups in total. The first-order valence-electron chi connectivity index (χ1n) is 8.92. The van der Waals surface area contributed by atoms with Gasteiger partial charge in [-0.1, -0.05) is 6.92 Å². The Bertz CT molecular complexity index is 874. The van der Waals surface area contributed by atoms with E-state index in [2.05, 4.69) is 6.92 Å². The molecule has 0 saturated heterocycles. The molecule has 0 atom stereocenters. The van der Waals surface area contributed by atoms with Crippen LogP contribution in [0.3, 0.4) is 0 Å². The quantitative estimate of drug-likeness (QED) is 0.398. The van der Waals surface area contributed by atoms with Crippen molar-refractivity contribution in [1.82, 2.24) is 4.90 Å². The fourth-order valence-electron chi connectivity index (χ4n) is 3.25. The molecule has 28 heavy (non-hydrogen) atoms. The van der Waals surface area contributed by atoms with Crippen molar-refractivity contribution in [2.24, 2.45) is 5.92 Å². The Kier molecular flexibility index (Phi) is 6.76. The van der Waals surface area contributed by atoms with Gasteiger partial charge in [0, 0.05) is 25.4 Å². The molecule has 154 valence electrons. The predicted molar refractivity (Wildman–Crippen MR) is 101 cm³/mol. The third kappa shape index (κ3) is 5.28. The molecule has 1 aromatic carbocycles. The molecule has 1 aliphatic carbocycles. The van der Waals surface area contributed by atoms with Crippen LogP contribution in [0.4, 0.5) is 5.69 Å². The van der Waals surface area contributed by atoms with Crippen LogP contribution < -0.4 is 0 Å². The van der Waals surface area contributed by atoms with E-state index in [-0.39, 0.29) is 17.5 Å². The fourth-order valence-corrected chi connectivity index (χ4v) is 4.08. The molecule has 1 saturated carbocycles. The average Bonchev–Trinajstić information content (AvgIpc) is 2.64. The number of hydrogen-bond donors (Lipinski definition) is 0. The Morgan fingerprint density at radius 1 is 1.25 bits per heavy atom. The van der Waals surface area contributed by atoms with E-state index in [4.69, 9.17) is 4.74 Å². The van der Waals surface area contributed by atoms with Crippen LogP contribution in [0.2, 0.25) is 0 Å². The van der Waals surface area contributed by atoms with E-state index >= 15 is 0 Å². The molecule has 0 aliphatic heterocycles. The Balaban J connectivity index is 2.03. The van der Waals surface area contributed by atoms with Crippen LogP contribution in [-0.2, 0) is 19.4 Å². The number of likely N-dealkylation sites (N-methyl/N-ethyl adjacent to an activating group) is 1. The minimum atomic E-state index is -3.83. The normalized spacial score (nSPS) is 19.7. The van der Waals surface area contributed by atoms with E-state index in [1.807, 2.05) is 0 Å².